The number of unbranched alkanes of at least 4 members (excludes halogenated alkanes) is 1. The summed E-state index contributed by atoms with van der Waals surface area (Å²) in [5, 5.41) is 1.49. The molecule has 0 amide bonds. The van der Waals surface area contributed by atoms with Gasteiger partial charge in [0.05, 0.1) is 11.2 Å². The zero-order valence-electron chi connectivity index (χ0n) is 15.2. The Kier molecular flexibility index (Phi) is 6.02. The first-order valence-corrected chi connectivity index (χ1v) is 9.26. The summed E-state index contributed by atoms with van der Waals surface area (Å²) >= 11 is 6.15. The second-order valence-corrected chi connectivity index (χ2v) is 7.20. The van der Waals surface area contributed by atoms with Crippen molar-refractivity contribution in [3.05, 3.63) is 65.2 Å². The number of rotatable bonds is 7. The highest BCUT2D eigenvalue weighted by Gasteiger charge is 2.14. The van der Waals surface area contributed by atoms with Crippen LogP contribution in [0, 0.1) is 0 Å². The molecule has 0 bridgehead atoms. The maximum atomic E-state index is 12.9. The number of pyridine rings is 1. The number of carbonyl (C=O) groups is 1. The molecule has 0 atom stereocenters. The van der Waals surface area contributed by atoms with Gasteiger partial charge in [-0.1, -0.05) is 48.0 Å². The lowest BCUT2D eigenvalue weighted by Crippen LogP contribution is -2.13. The highest BCUT2D eigenvalue weighted by molar-refractivity contribution is 6.31. The summed E-state index contributed by atoms with van der Waals surface area (Å²) in [5.41, 5.74) is 3.29. The standard InChI is InChI=1S/C22H23ClN2O/c1-25(2)13-7-6-10-22(26)19-15-20(16-8-4-3-5-9-16)24-21-14-17(23)11-12-18(19)21/h3-5,8-9,11-12,14-15H,6-7,10,13H2,1-2H3. The predicted octanol–water partition coefficient (Wildman–Crippen LogP) is 5.47. The van der Waals surface area contributed by atoms with Gasteiger partial charge in [0.15, 0.2) is 5.78 Å². The van der Waals surface area contributed by atoms with Gasteiger partial charge < -0.3 is 4.90 Å². The Bertz CT molecular complexity index is 907. The van der Waals surface area contributed by atoms with Gasteiger partial charge in [-0.25, -0.2) is 4.98 Å². The number of fused-ring (bicyclic) bond motifs is 1. The van der Waals surface area contributed by atoms with Crippen molar-refractivity contribution in [3.63, 3.8) is 0 Å². The topological polar surface area (TPSA) is 33.2 Å². The maximum absolute atomic E-state index is 12.9. The minimum atomic E-state index is 0.163. The summed E-state index contributed by atoms with van der Waals surface area (Å²) in [6.45, 7) is 0.995. The number of hydrogen-bond acceptors (Lipinski definition) is 3. The number of carbonyl (C=O) groups excluding carboxylic acids is 1. The second kappa shape index (κ2) is 8.43. The minimum Gasteiger partial charge on any atom is -0.309 e. The zero-order valence-corrected chi connectivity index (χ0v) is 16.0. The highest BCUT2D eigenvalue weighted by Crippen LogP contribution is 2.28. The minimum absolute atomic E-state index is 0.163. The van der Waals surface area contributed by atoms with E-state index in [9.17, 15) is 4.79 Å². The van der Waals surface area contributed by atoms with Crippen LogP contribution in [0.2, 0.25) is 5.02 Å². The quantitative estimate of drug-likeness (QED) is 0.410. The fourth-order valence-electron chi connectivity index (χ4n) is 3.04. The van der Waals surface area contributed by atoms with Crippen molar-refractivity contribution < 1.29 is 4.79 Å². The van der Waals surface area contributed by atoms with E-state index in [1.807, 2.05) is 68.7 Å². The van der Waals surface area contributed by atoms with Crippen LogP contribution >= 0.6 is 11.6 Å². The van der Waals surface area contributed by atoms with Crippen molar-refractivity contribution in [2.75, 3.05) is 20.6 Å². The van der Waals surface area contributed by atoms with Crippen molar-refractivity contribution in [2.45, 2.75) is 19.3 Å². The third-order valence-corrected chi connectivity index (χ3v) is 4.64. The van der Waals surface area contributed by atoms with Crippen molar-refractivity contribution in [3.8, 4) is 11.3 Å². The van der Waals surface area contributed by atoms with Crippen LogP contribution in [0.3, 0.4) is 0 Å². The first-order chi connectivity index (χ1) is 12.5. The van der Waals surface area contributed by atoms with E-state index in [1.165, 1.54) is 0 Å². The average Bonchev–Trinajstić information content (AvgIpc) is 2.64. The molecule has 134 valence electrons. The number of Topliss-reactive ketones (excluding diaryl/α,β-unsaturated/α-hetero) is 1. The van der Waals surface area contributed by atoms with Crippen molar-refractivity contribution >= 4 is 28.3 Å². The number of aromatic nitrogens is 1. The van der Waals surface area contributed by atoms with Crippen LogP contribution in [-0.2, 0) is 0 Å². The van der Waals surface area contributed by atoms with Crippen LogP contribution in [0.25, 0.3) is 22.2 Å². The van der Waals surface area contributed by atoms with E-state index in [0.29, 0.717) is 11.4 Å². The third-order valence-electron chi connectivity index (χ3n) is 4.40. The fourth-order valence-corrected chi connectivity index (χ4v) is 3.20. The zero-order chi connectivity index (χ0) is 18.5. The molecule has 0 radical (unpaired) electrons. The molecule has 0 aliphatic rings. The Morgan fingerprint density at radius 1 is 1.04 bits per heavy atom. The molecule has 3 nitrogen and oxygen atoms in total. The molecule has 0 saturated heterocycles. The van der Waals surface area contributed by atoms with Crippen LogP contribution in [0.5, 0.6) is 0 Å². The molecule has 0 aliphatic carbocycles. The van der Waals surface area contributed by atoms with Gasteiger partial charge in [-0.2, -0.15) is 0 Å². The molecule has 4 heteroatoms. The molecule has 1 heterocycles. The predicted molar refractivity (Wildman–Crippen MR) is 109 cm³/mol. The second-order valence-electron chi connectivity index (χ2n) is 6.77. The maximum Gasteiger partial charge on any atom is 0.163 e. The van der Waals surface area contributed by atoms with E-state index < -0.39 is 0 Å². The van der Waals surface area contributed by atoms with Gasteiger partial charge in [0, 0.05) is 28.0 Å². The molecule has 0 fully saturated rings. The summed E-state index contributed by atoms with van der Waals surface area (Å²) < 4.78 is 0. The molecular formula is C22H23ClN2O. The third kappa shape index (κ3) is 4.48. The van der Waals surface area contributed by atoms with Gasteiger partial charge in [-0.3, -0.25) is 4.79 Å². The number of hydrogen-bond donors (Lipinski definition) is 0. The number of benzene rings is 2. The van der Waals surface area contributed by atoms with Crippen molar-refractivity contribution in [1.29, 1.82) is 0 Å². The Balaban J connectivity index is 1.96. The first-order valence-electron chi connectivity index (χ1n) is 8.88. The number of nitrogens with zero attached hydrogens (tertiary/aromatic N) is 2. The van der Waals surface area contributed by atoms with Crippen LogP contribution in [0.1, 0.15) is 29.6 Å². The van der Waals surface area contributed by atoms with Gasteiger partial charge in [0.1, 0.15) is 0 Å². The molecule has 0 saturated carbocycles. The summed E-state index contributed by atoms with van der Waals surface area (Å²) in [6, 6.07) is 17.4. The molecule has 0 spiro atoms. The largest absolute Gasteiger partial charge is 0.309 e. The average molecular weight is 367 g/mol. The SMILES string of the molecule is CN(C)CCCCC(=O)c1cc(-c2ccccc2)nc2cc(Cl)ccc12. The normalized spacial score (nSPS) is 11.2. The van der Waals surface area contributed by atoms with E-state index in [2.05, 4.69) is 4.90 Å². The number of ketones is 1. The summed E-state index contributed by atoms with van der Waals surface area (Å²) in [4.78, 5) is 19.8. The lowest BCUT2D eigenvalue weighted by Gasteiger charge is -2.11. The van der Waals surface area contributed by atoms with E-state index in [-0.39, 0.29) is 5.78 Å². The Labute approximate surface area is 159 Å². The van der Waals surface area contributed by atoms with Crippen molar-refractivity contribution in [2.24, 2.45) is 0 Å². The van der Waals surface area contributed by atoms with E-state index >= 15 is 0 Å². The Hall–Kier alpha value is -2.23. The van der Waals surface area contributed by atoms with Crippen LogP contribution in [-0.4, -0.2) is 36.3 Å². The van der Waals surface area contributed by atoms with Gasteiger partial charge in [-0.15, -0.1) is 0 Å². The molecule has 0 aliphatic heterocycles. The first kappa shape index (κ1) is 18.6. The molecular weight excluding hydrogens is 344 g/mol. The molecule has 3 rings (SSSR count). The van der Waals surface area contributed by atoms with Crippen LogP contribution < -0.4 is 0 Å². The Morgan fingerprint density at radius 3 is 2.54 bits per heavy atom. The lowest BCUT2D eigenvalue weighted by molar-refractivity contribution is 0.0980. The lowest BCUT2D eigenvalue weighted by atomic mass is 9.98. The van der Waals surface area contributed by atoms with E-state index in [0.717, 1.165) is 47.1 Å². The summed E-state index contributed by atoms with van der Waals surface area (Å²) in [7, 11) is 4.10. The molecule has 2 aromatic carbocycles. The highest BCUT2D eigenvalue weighted by atomic mass is 35.5. The molecule has 0 N–H and O–H groups in total. The van der Waals surface area contributed by atoms with E-state index in [1.54, 1.807) is 0 Å². The van der Waals surface area contributed by atoms with Crippen LogP contribution in [0.15, 0.2) is 54.6 Å². The summed E-state index contributed by atoms with van der Waals surface area (Å²) in [5.74, 6) is 0.163. The Morgan fingerprint density at radius 2 is 1.81 bits per heavy atom. The van der Waals surface area contributed by atoms with Gasteiger partial charge in [0.2, 0.25) is 0 Å². The smallest absolute Gasteiger partial charge is 0.163 e. The molecule has 3 aromatic rings. The summed E-state index contributed by atoms with van der Waals surface area (Å²) in [6.07, 6.45) is 2.44. The van der Waals surface area contributed by atoms with E-state index in [4.69, 9.17) is 16.6 Å². The monoisotopic (exact) mass is 366 g/mol. The fraction of sp³-hybridized carbons (Fsp3) is 0.273. The van der Waals surface area contributed by atoms with Gasteiger partial charge in [0.25, 0.3) is 0 Å². The number of halogens is 1. The molecule has 0 unspecified atom stereocenters. The molecule has 26 heavy (non-hydrogen) atoms. The van der Waals surface area contributed by atoms with Gasteiger partial charge in [-0.05, 0) is 51.7 Å². The van der Waals surface area contributed by atoms with Crippen molar-refractivity contribution in [1.82, 2.24) is 9.88 Å². The molecule has 1 aromatic heterocycles. The van der Waals surface area contributed by atoms with Gasteiger partial charge >= 0.3 is 0 Å². The van der Waals surface area contributed by atoms with Crippen LogP contribution in [0.4, 0.5) is 0 Å².